The largest absolute Gasteiger partial charge is 0.392 e. The fraction of sp³-hybridized carbons (Fsp3) is 0.214. The molecule has 17 heavy (non-hydrogen) atoms. The molecule has 0 fully saturated rings. The van der Waals surface area contributed by atoms with Gasteiger partial charge in [0.2, 0.25) is 0 Å². The van der Waals surface area contributed by atoms with Crippen LogP contribution in [-0.2, 0) is 13.0 Å². The normalized spacial score (nSPS) is 12.6. The highest BCUT2D eigenvalue weighted by Gasteiger charge is 2.17. The van der Waals surface area contributed by atoms with Crippen molar-refractivity contribution in [1.82, 2.24) is 4.98 Å². The summed E-state index contributed by atoms with van der Waals surface area (Å²) in [6, 6.07) is 8.17. The quantitative estimate of drug-likeness (QED) is 0.670. The molecule has 0 radical (unpaired) electrons. The van der Waals surface area contributed by atoms with E-state index in [9.17, 15) is 5.11 Å². The summed E-state index contributed by atoms with van der Waals surface area (Å²) < 4.78 is 0. The third-order valence-corrected chi connectivity index (χ3v) is 3.14. The Morgan fingerprint density at radius 1 is 1.35 bits per heavy atom. The van der Waals surface area contributed by atoms with E-state index in [4.69, 9.17) is 0 Å². The van der Waals surface area contributed by atoms with Crippen LogP contribution in [0.5, 0.6) is 0 Å². The number of aliphatic hydroxyl groups excluding tert-OH is 1. The number of aromatic nitrogens is 1. The molecular weight excluding hydrogens is 212 g/mol. The number of para-hydroxylation sites is 1. The van der Waals surface area contributed by atoms with Gasteiger partial charge in [-0.15, -0.1) is 0 Å². The molecule has 3 nitrogen and oxygen atoms in total. The van der Waals surface area contributed by atoms with E-state index in [0.29, 0.717) is 0 Å². The third kappa shape index (κ3) is 1.68. The molecule has 2 aromatic rings. The van der Waals surface area contributed by atoms with Gasteiger partial charge in [0, 0.05) is 23.9 Å². The number of nitrogens with zero attached hydrogens (tertiary/aromatic N) is 1. The zero-order valence-electron chi connectivity index (χ0n) is 9.70. The summed E-state index contributed by atoms with van der Waals surface area (Å²) in [4.78, 5) is 4.40. The summed E-state index contributed by atoms with van der Waals surface area (Å²) in [6.45, 7) is 2.10. The SMILES string of the molecule is Cc1cnc2c(c1)Cc1cccc(CO)c1N2. The van der Waals surface area contributed by atoms with Gasteiger partial charge >= 0.3 is 0 Å². The van der Waals surface area contributed by atoms with Gasteiger partial charge < -0.3 is 10.4 Å². The van der Waals surface area contributed by atoms with Gasteiger partial charge in [-0.1, -0.05) is 24.3 Å². The minimum absolute atomic E-state index is 0.0529. The van der Waals surface area contributed by atoms with E-state index in [1.54, 1.807) is 0 Å². The van der Waals surface area contributed by atoms with Gasteiger partial charge in [0.1, 0.15) is 5.82 Å². The second-order valence-electron chi connectivity index (χ2n) is 4.43. The summed E-state index contributed by atoms with van der Waals surface area (Å²) in [5.74, 6) is 0.906. The molecule has 1 aliphatic heterocycles. The molecule has 0 saturated heterocycles. The van der Waals surface area contributed by atoms with E-state index in [1.165, 1.54) is 16.7 Å². The Balaban J connectivity index is 2.10. The van der Waals surface area contributed by atoms with Crippen LogP contribution in [0.4, 0.5) is 11.5 Å². The van der Waals surface area contributed by atoms with E-state index in [2.05, 4.69) is 22.4 Å². The fourth-order valence-electron chi connectivity index (χ4n) is 2.29. The van der Waals surface area contributed by atoms with Gasteiger partial charge in [-0.05, 0) is 23.6 Å². The van der Waals surface area contributed by atoms with Crippen molar-refractivity contribution in [2.75, 3.05) is 5.32 Å². The van der Waals surface area contributed by atoms with Crippen molar-refractivity contribution >= 4 is 11.5 Å². The molecule has 0 saturated carbocycles. The van der Waals surface area contributed by atoms with Crippen LogP contribution in [0.15, 0.2) is 30.5 Å². The molecule has 0 spiro atoms. The molecule has 0 amide bonds. The van der Waals surface area contributed by atoms with Crippen molar-refractivity contribution in [3.05, 3.63) is 52.7 Å². The highest BCUT2D eigenvalue weighted by Crippen LogP contribution is 2.34. The number of anilines is 2. The van der Waals surface area contributed by atoms with Gasteiger partial charge in [-0.2, -0.15) is 0 Å². The number of pyridine rings is 1. The van der Waals surface area contributed by atoms with E-state index < -0.39 is 0 Å². The number of benzene rings is 1. The van der Waals surface area contributed by atoms with Gasteiger partial charge in [0.25, 0.3) is 0 Å². The van der Waals surface area contributed by atoms with E-state index >= 15 is 0 Å². The van der Waals surface area contributed by atoms with Crippen LogP contribution in [0, 0.1) is 6.92 Å². The van der Waals surface area contributed by atoms with Gasteiger partial charge in [0.05, 0.1) is 6.61 Å². The number of hydrogen-bond donors (Lipinski definition) is 2. The first-order chi connectivity index (χ1) is 8.28. The molecule has 2 heterocycles. The van der Waals surface area contributed by atoms with E-state index in [1.807, 2.05) is 25.3 Å². The maximum absolute atomic E-state index is 9.33. The van der Waals surface area contributed by atoms with Gasteiger partial charge in [-0.3, -0.25) is 0 Å². The average Bonchev–Trinajstić information content (AvgIpc) is 2.35. The van der Waals surface area contributed by atoms with Crippen LogP contribution >= 0.6 is 0 Å². The number of hydrogen-bond acceptors (Lipinski definition) is 3. The summed E-state index contributed by atoms with van der Waals surface area (Å²) in [6.07, 6.45) is 2.73. The minimum atomic E-state index is 0.0529. The predicted molar refractivity (Wildman–Crippen MR) is 67.4 cm³/mol. The second kappa shape index (κ2) is 3.86. The lowest BCUT2D eigenvalue weighted by Crippen LogP contribution is -2.11. The predicted octanol–water partition coefficient (Wildman–Crippen LogP) is 2.53. The molecule has 1 aromatic carbocycles. The highest BCUT2D eigenvalue weighted by atomic mass is 16.3. The van der Waals surface area contributed by atoms with Crippen LogP contribution in [0.25, 0.3) is 0 Å². The Morgan fingerprint density at radius 2 is 2.24 bits per heavy atom. The summed E-state index contributed by atoms with van der Waals surface area (Å²) in [5.41, 5.74) is 5.55. The highest BCUT2D eigenvalue weighted by molar-refractivity contribution is 5.71. The first kappa shape index (κ1) is 10.3. The molecule has 0 bridgehead atoms. The van der Waals surface area contributed by atoms with Crippen molar-refractivity contribution in [3.63, 3.8) is 0 Å². The molecule has 1 aliphatic rings. The zero-order valence-corrected chi connectivity index (χ0v) is 9.70. The molecule has 1 aromatic heterocycles. The second-order valence-corrected chi connectivity index (χ2v) is 4.43. The van der Waals surface area contributed by atoms with Crippen molar-refractivity contribution in [2.24, 2.45) is 0 Å². The lowest BCUT2D eigenvalue weighted by molar-refractivity contribution is 0.282. The Bertz CT molecular complexity index is 578. The number of rotatable bonds is 1. The molecule has 3 heteroatoms. The lowest BCUT2D eigenvalue weighted by atomic mass is 9.96. The molecule has 0 atom stereocenters. The first-order valence-electron chi connectivity index (χ1n) is 5.72. The molecule has 0 aliphatic carbocycles. The number of nitrogens with one attached hydrogen (secondary N) is 1. The Hall–Kier alpha value is -1.87. The molecule has 0 unspecified atom stereocenters. The maximum Gasteiger partial charge on any atom is 0.133 e. The smallest absolute Gasteiger partial charge is 0.133 e. The maximum atomic E-state index is 9.33. The first-order valence-corrected chi connectivity index (χ1v) is 5.72. The summed E-state index contributed by atoms with van der Waals surface area (Å²) in [5, 5.41) is 12.6. The molecule has 2 N–H and O–H groups in total. The number of aryl methyl sites for hydroxylation is 1. The molecule has 86 valence electrons. The Morgan fingerprint density at radius 3 is 3.06 bits per heavy atom. The Labute approximate surface area is 100 Å². The third-order valence-electron chi connectivity index (χ3n) is 3.14. The van der Waals surface area contributed by atoms with Crippen LogP contribution in [0.2, 0.25) is 0 Å². The molecular formula is C14H14N2O. The van der Waals surface area contributed by atoms with E-state index in [0.717, 1.165) is 23.5 Å². The standard InChI is InChI=1S/C14H14N2O/c1-9-5-12-6-10-3-2-4-11(8-17)13(10)16-14(12)15-7-9/h2-5,7,17H,6,8H2,1H3,(H,15,16). The minimum Gasteiger partial charge on any atom is -0.392 e. The van der Waals surface area contributed by atoms with Crippen molar-refractivity contribution in [3.8, 4) is 0 Å². The lowest BCUT2D eigenvalue weighted by Gasteiger charge is -2.22. The average molecular weight is 226 g/mol. The van der Waals surface area contributed by atoms with Crippen molar-refractivity contribution in [1.29, 1.82) is 0 Å². The summed E-state index contributed by atoms with van der Waals surface area (Å²) >= 11 is 0. The van der Waals surface area contributed by atoms with Crippen LogP contribution in [-0.4, -0.2) is 10.1 Å². The molecule has 3 rings (SSSR count). The zero-order chi connectivity index (χ0) is 11.8. The fourth-order valence-corrected chi connectivity index (χ4v) is 2.29. The number of aliphatic hydroxyl groups is 1. The van der Waals surface area contributed by atoms with E-state index in [-0.39, 0.29) is 6.61 Å². The number of fused-ring (bicyclic) bond motifs is 2. The Kier molecular flexibility index (Phi) is 2.34. The topological polar surface area (TPSA) is 45.2 Å². The van der Waals surface area contributed by atoms with Crippen LogP contribution in [0.3, 0.4) is 0 Å². The van der Waals surface area contributed by atoms with Crippen LogP contribution in [0.1, 0.15) is 22.3 Å². The summed E-state index contributed by atoms with van der Waals surface area (Å²) in [7, 11) is 0. The van der Waals surface area contributed by atoms with Gasteiger partial charge in [0.15, 0.2) is 0 Å². The van der Waals surface area contributed by atoms with Crippen LogP contribution < -0.4 is 5.32 Å². The van der Waals surface area contributed by atoms with Gasteiger partial charge in [-0.25, -0.2) is 4.98 Å². The monoisotopic (exact) mass is 226 g/mol. The van der Waals surface area contributed by atoms with Crippen molar-refractivity contribution in [2.45, 2.75) is 20.0 Å². The van der Waals surface area contributed by atoms with Crippen molar-refractivity contribution < 1.29 is 5.11 Å².